The van der Waals surface area contributed by atoms with E-state index in [0.717, 1.165) is 25.1 Å². The van der Waals surface area contributed by atoms with Crippen LogP contribution in [0, 0.1) is 0 Å². The zero-order valence-electron chi connectivity index (χ0n) is 7.27. The first-order chi connectivity index (χ1) is 6.29. The number of carbonyl (C=O) groups is 1. The van der Waals surface area contributed by atoms with E-state index in [-0.39, 0.29) is 11.9 Å². The minimum Gasteiger partial charge on any atom is -0.368 e. The van der Waals surface area contributed by atoms with Gasteiger partial charge in [0.15, 0.2) is 0 Å². The van der Waals surface area contributed by atoms with Crippen molar-refractivity contribution < 1.29 is 4.79 Å². The van der Waals surface area contributed by atoms with Crippen molar-refractivity contribution in [2.75, 3.05) is 11.4 Å². The molecular weight excluding hydrogens is 184 g/mol. The molecule has 0 aromatic carbocycles. The van der Waals surface area contributed by atoms with Gasteiger partial charge in [-0.1, -0.05) is 0 Å². The molecule has 1 atom stereocenters. The first kappa shape index (κ1) is 8.56. The number of nitrogens with two attached hydrogens (primary N) is 1. The van der Waals surface area contributed by atoms with Gasteiger partial charge in [0.2, 0.25) is 5.91 Å². The van der Waals surface area contributed by atoms with Crippen molar-refractivity contribution in [1.82, 2.24) is 0 Å². The van der Waals surface area contributed by atoms with Gasteiger partial charge in [0, 0.05) is 17.6 Å². The van der Waals surface area contributed by atoms with Crippen LogP contribution in [0.4, 0.5) is 5.69 Å². The average Bonchev–Trinajstić information content (AvgIpc) is 2.74. The van der Waals surface area contributed by atoms with E-state index in [1.807, 2.05) is 11.4 Å². The summed E-state index contributed by atoms with van der Waals surface area (Å²) in [6.07, 6.45) is 1.95. The summed E-state index contributed by atoms with van der Waals surface area (Å²) in [5, 5.41) is 4.08. The maximum atomic E-state index is 11.1. The minimum absolute atomic E-state index is 0.0883. The standard InChI is InChI=1S/C9H12N2OS/c10-9(12)8-2-1-4-11(8)7-3-5-13-6-7/h3,5-6,8H,1-2,4H2,(H2,10,12)/t8-/m1/s1. The van der Waals surface area contributed by atoms with E-state index in [4.69, 9.17) is 5.73 Å². The smallest absolute Gasteiger partial charge is 0.240 e. The number of anilines is 1. The second kappa shape index (κ2) is 3.38. The molecule has 3 nitrogen and oxygen atoms in total. The number of thiophene rings is 1. The van der Waals surface area contributed by atoms with Crippen molar-refractivity contribution in [2.45, 2.75) is 18.9 Å². The SMILES string of the molecule is NC(=O)[C@H]1CCCN1c1ccsc1. The highest BCUT2D eigenvalue weighted by Gasteiger charge is 2.28. The van der Waals surface area contributed by atoms with E-state index < -0.39 is 0 Å². The normalized spacial score (nSPS) is 22.2. The van der Waals surface area contributed by atoms with Gasteiger partial charge in [-0.25, -0.2) is 0 Å². The summed E-state index contributed by atoms with van der Waals surface area (Å²) in [6.45, 7) is 0.949. The summed E-state index contributed by atoms with van der Waals surface area (Å²) < 4.78 is 0. The lowest BCUT2D eigenvalue weighted by Crippen LogP contribution is -2.40. The Bertz CT molecular complexity index is 297. The Morgan fingerprint density at radius 2 is 2.54 bits per heavy atom. The second-order valence-corrected chi connectivity index (χ2v) is 4.02. The van der Waals surface area contributed by atoms with Crippen molar-refractivity contribution in [2.24, 2.45) is 5.73 Å². The lowest BCUT2D eigenvalue weighted by Gasteiger charge is -2.22. The van der Waals surface area contributed by atoms with Crippen LogP contribution in [0.15, 0.2) is 16.8 Å². The topological polar surface area (TPSA) is 46.3 Å². The predicted octanol–water partition coefficient (Wildman–Crippen LogP) is 1.20. The highest BCUT2D eigenvalue weighted by atomic mass is 32.1. The van der Waals surface area contributed by atoms with Crippen LogP contribution in [-0.2, 0) is 4.79 Å². The van der Waals surface area contributed by atoms with Gasteiger partial charge in [-0.05, 0) is 24.3 Å². The Labute approximate surface area is 81.2 Å². The Morgan fingerprint density at radius 3 is 3.15 bits per heavy atom. The van der Waals surface area contributed by atoms with Crippen LogP contribution in [-0.4, -0.2) is 18.5 Å². The van der Waals surface area contributed by atoms with Crippen molar-refractivity contribution in [3.63, 3.8) is 0 Å². The maximum Gasteiger partial charge on any atom is 0.240 e. The Hall–Kier alpha value is -1.03. The molecule has 2 rings (SSSR count). The van der Waals surface area contributed by atoms with Crippen LogP contribution in [0.5, 0.6) is 0 Å². The molecule has 1 amide bonds. The van der Waals surface area contributed by atoms with Gasteiger partial charge in [-0.15, -0.1) is 0 Å². The molecule has 1 aromatic rings. The number of hydrogen-bond acceptors (Lipinski definition) is 3. The molecule has 0 bridgehead atoms. The molecule has 0 unspecified atom stereocenters. The third-order valence-electron chi connectivity index (χ3n) is 2.42. The number of rotatable bonds is 2. The van der Waals surface area contributed by atoms with E-state index in [0.29, 0.717) is 0 Å². The van der Waals surface area contributed by atoms with Crippen LogP contribution >= 0.6 is 11.3 Å². The molecule has 0 saturated carbocycles. The van der Waals surface area contributed by atoms with Gasteiger partial charge in [0.05, 0.1) is 0 Å². The van der Waals surface area contributed by atoms with Crippen LogP contribution < -0.4 is 10.6 Å². The molecule has 1 fully saturated rings. The van der Waals surface area contributed by atoms with Gasteiger partial charge < -0.3 is 10.6 Å². The zero-order valence-corrected chi connectivity index (χ0v) is 8.09. The predicted molar refractivity (Wildman–Crippen MR) is 53.9 cm³/mol. The quantitative estimate of drug-likeness (QED) is 0.772. The number of primary amides is 1. The Kier molecular flexibility index (Phi) is 2.22. The van der Waals surface area contributed by atoms with Gasteiger partial charge in [-0.3, -0.25) is 4.79 Å². The van der Waals surface area contributed by atoms with Gasteiger partial charge in [0.25, 0.3) is 0 Å². The van der Waals surface area contributed by atoms with Gasteiger partial charge >= 0.3 is 0 Å². The van der Waals surface area contributed by atoms with E-state index in [9.17, 15) is 4.79 Å². The van der Waals surface area contributed by atoms with Crippen LogP contribution in [0.3, 0.4) is 0 Å². The van der Waals surface area contributed by atoms with Crippen LogP contribution in [0.1, 0.15) is 12.8 Å². The Balaban J connectivity index is 2.19. The highest BCUT2D eigenvalue weighted by Crippen LogP contribution is 2.26. The average molecular weight is 196 g/mol. The van der Waals surface area contributed by atoms with Crippen molar-refractivity contribution in [3.8, 4) is 0 Å². The lowest BCUT2D eigenvalue weighted by molar-refractivity contribution is -0.119. The number of hydrogen-bond donors (Lipinski definition) is 1. The van der Waals surface area contributed by atoms with Crippen LogP contribution in [0.2, 0.25) is 0 Å². The van der Waals surface area contributed by atoms with Gasteiger partial charge in [-0.2, -0.15) is 11.3 Å². The van der Waals surface area contributed by atoms with E-state index in [1.54, 1.807) is 11.3 Å². The molecule has 4 heteroatoms. The van der Waals surface area contributed by atoms with Crippen LogP contribution in [0.25, 0.3) is 0 Å². The minimum atomic E-state index is -0.205. The lowest BCUT2D eigenvalue weighted by atomic mass is 10.2. The molecule has 2 N–H and O–H groups in total. The fourth-order valence-electron chi connectivity index (χ4n) is 1.79. The number of carbonyl (C=O) groups excluding carboxylic acids is 1. The summed E-state index contributed by atoms with van der Waals surface area (Å²) in [6, 6.07) is 1.95. The third kappa shape index (κ3) is 1.54. The second-order valence-electron chi connectivity index (χ2n) is 3.24. The van der Waals surface area contributed by atoms with Crippen molar-refractivity contribution >= 4 is 22.9 Å². The fourth-order valence-corrected chi connectivity index (χ4v) is 2.44. The first-order valence-corrected chi connectivity index (χ1v) is 5.31. The number of nitrogens with zero attached hydrogens (tertiary/aromatic N) is 1. The van der Waals surface area contributed by atoms with E-state index >= 15 is 0 Å². The summed E-state index contributed by atoms with van der Waals surface area (Å²) in [4.78, 5) is 13.2. The molecule has 1 aliphatic rings. The summed E-state index contributed by atoms with van der Waals surface area (Å²) in [7, 11) is 0. The molecule has 13 heavy (non-hydrogen) atoms. The fraction of sp³-hybridized carbons (Fsp3) is 0.444. The molecule has 0 spiro atoms. The summed E-state index contributed by atoms with van der Waals surface area (Å²) in [5.74, 6) is -0.205. The molecule has 70 valence electrons. The zero-order chi connectivity index (χ0) is 9.26. The molecule has 1 saturated heterocycles. The summed E-state index contributed by atoms with van der Waals surface area (Å²) >= 11 is 1.65. The molecule has 1 aliphatic heterocycles. The highest BCUT2D eigenvalue weighted by molar-refractivity contribution is 7.08. The van der Waals surface area contributed by atoms with E-state index in [1.165, 1.54) is 0 Å². The van der Waals surface area contributed by atoms with E-state index in [2.05, 4.69) is 10.3 Å². The summed E-state index contributed by atoms with van der Waals surface area (Å²) in [5.41, 5.74) is 6.45. The molecule has 0 radical (unpaired) electrons. The monoisotopic (exact) mass is 196 g/mol. The third-order valence-corrected chi connectivity index (χ3v) is 3.09. The van der Waals surface area contributed by atoms with Crippen molar-refractivity contribution in [3.05, 3.63) is 16.8 Å². The van der Waals surface area contributed by atoms with Gasteiger partial charge in [0.1, 0.15) is 6.04 Å². The maximum absolute atomic E-state index is 11.1. The largest absolute Gasteiger partial charge is 0.368 e. The Morgan fingerprint density at radius 1 is 1.69 bits per heavy atom. The molecular formula is C9H12N2OS. The molecule has 1 aromatic heterocycles. The van der Waals surface area contributed by atoms with Crippen molar-refractivity contribution in [1.29, 1.82) is 0 Å². The first-order valence-electron chi connectivity index (χ1n) is 4.37. The molecule has 0 aliphatic carbocycles. The number of amides is 1. The molecule has 2 heterocycles.